The number of rotatable bonds is 4. The van der Waals surface area contributed by atoms with Crippen molar-refractivity contribution in [3.63, 3.8) is 0 Å². The first kappa shape index (κ1) is 21.7. The molecule has 0 aromatic heterocycles. The van der Waals surface area contributed by atoms with Gasteiger partial charge in [-0.3, -0.25) is 19.4 Å². The summed E-state index contributed by atoms with van der Waals surface area (Å²) in [6, 6.07) is 6.14. The van der Waals surface area contributed by atoms with Gasteiger partial charge in [0.05, 0.1) is 17.0 Å². The molecule has 30 heavy (non-hydrogen) atoms. The van der Waals surface area contributed by atoms with Crippen molar-refractivity contribution in [1.82, 2.24) is 14.1 Å². The van der Waals surface area contributed by atoms with Crippen LogP contribution in [0.2, 0.25) is 5.02 Å². The molecule has 2 heterocycles. The summed E-state index contributed by atoms with van der Waals surface area (Å²) >= 11 is 5.86. The van der Waals surface area contributed by atoms with E-state index in [1.165, 1.54) is 21.3 Å². The number of sulfonamides is 1. The normalized spacial score (nSPS) is 30.1. The van der Waals surface area contributed by atoms with Gasteiger partial charge in [-0.05, 0) is 42.5 Å². The predicted molar refractivity (Wildman–Crippen MR) is 113 cm³/mol. The number of piperazine rings is 1. The van der Waals surface area contributed by atoms with Gasteiger partial charge in [-0.1, -0.05) is 32.4 Å². The molecule has 0 unspecified atom stereocenters. The van der Waals surface area contributed by atoms with E-state index >= 15 is 0 Å². The summed E-state index contributed by atoms with van der Waals surface area (Å²) in [5, 5.41) is 0.487. The Morgan fingerprint density at radius 3 is 2.23 bits per heavy atom. The molecule has 2 atom stereocenters. The molecule has 0 N–H and O–H groups in total. The van der Waals surface area contributed by atoms with Crippen molar-refractivity contribution in [2.24, 2.45) is 16.7 Å². The van der Waals surface area contributed by atoms with Crippen LogP contribution in [-0.4, -0.2) is 67.2 Å². The molecule has 1 aliphatic carbocycles. The van der Waals surface area contributed by atoms with Gasteiger partial charge in [-0.2, -0.15) is 4.31 Å². The second-order valence-corrected chi connectivity index (χ2v) is 11.7. The third-order valence-corrected chi connectivity index (χ3v) is 9.80. The van der Waals surface area contributed by atoms with E-state index in [1.807, 2.05) is 25.7 Å². The second-order valence-electron chi connectivity index (χ2n) is 9.33. The van der Waals surface area contributed by atoms with Gasteiger partial charge in [-0.25, -0.2) is 8.42 Å². The number of nitrogens with zero attached hydrogens (tertiary/aromatic N) is 3. The molecule has 0 spiro atoms. The Balaban J connectivity index is 1.43. The molecule has 9 heteroatoms. The zero-order valence-electron chi connectivity index (χ0n) is 17.6. The minimum Gasteiger partial charge on any atom is -0.283 e. The molecule has 2 saturated heterocycles. The zero-order valence-corrected chi connectivity index (χ0v) is 19.2. The Hall–Kier alpha value is -1.48. The maximum atomic E-state index is 13.2. The summed E-state index contributed by atoms with van der Waals surface area (Å²) in [5.41, 5.74) is -0.853. The number of likely N-dealkylation sites (tertiary alicyclic amines) is 1. The number of carbonyl (C=O) groups excluding carboxylic acids is 2. The summed E-state index contributed by atoms with van der Waals surface area (Å²) < 4.78 is 27.2. The molecule has 7 nitrogen and oxygen atoms in total. The summed E-state index contributed by atoms with van der Waals surface area (Å²) in [7, 11) is -3.59. The van der Waals surface area contributed by atoms with Crippen molar-refractivity contribution in [2.45, 2.75) is 38.5 Å². The summed E-state index contributed by atoms with van der Waals surface area (Å²) in [6.07, 6.45) is 1.48. The highest BCUT2D eigenvalue weighted by Gasteiger charge is 2.64. The van der Waals surface area contributed by atoms with E-state index < -0.39 is 15.4 Å². The van der Waals surface area contributed by atoms with Gasteiger partial charge in [0.25, 0.3) is 0 Å². The number of benzene rings is 1. The van der Waals surface area contributed by atoms with Crippen molar-refractivity contribution in [1.29, 1.82) is 0 Å². The Labute approximate surface area is 183 Å². The van der Waals surface area contributed by atoms with Gasteiger partial charge in [0, 0.05) is 37.1 Å². The average Bonchev–Trinajstić information content (AvgIpc) is 2.90. The van der Waals surface area contributed by atoms with Crippen LogP contribution < -0.4 is 0 Å². The molecule has 0 radical (unpaired) electrons. The standard InChI is InChI=1S/C21H28ClN3O4S/c1-20(2)17-8-9-21(20,3)19(27)25(18(17)26)14-23-10-12-24(13-11-23)30(28,29)16-6-4-15(22)5-7-16/h4-7,17H,8-14H2,1-3H3/t17-,21-/m0/s1. The largest absolute Gasteiger partial charge is 0.283 e. The van der Waals surface area contributed by atoms with E-state index in [9.17, 15) is 18.0 Å². The first-order valence-corrected chi connectivity index (χ1v) is 12.1. The SMILES string of the molecule is CC1(C)[C@H]2CC[C@@]1(C)C(=O)N(CN1CCN(S(=O)(=O)c3ccc(Cl)cc3)CC1)C2=O. The maximum Gasteiger partial charge on any atom is 0.243 e. The fourth-order valence-electron chi connectivity index (χ4n) is 5.10. The van der Waals surface area contributed by atoms with E-state index in [0.717, 1.165) is 12.8 Å². The van der Waals surface area contributed by atoms with Crippen molar-refractivity contribution < 1.29 is 18.0 Å². The molecular weight excluding hydrogens is 426 g/mol. The van der Waals surface area contributed by atoms with Crippen LogP contribution in [0.15, 0.2) is 29.2 Å². The first-order valence-electron chi connectivity index (χ1n) is 10.3. The van der Waals surface area contributed by atoms with Gasteiger partial charge in [0.1, 0.15) is 0 Å². The highest BCUT2D eigenvalue weighted by atomic mass is 35.5. The van der Waals surface area contributed by atoms with Gasteiger partial charge in [0.2, 0.25) is 21.8 Å². The number of amides is 2. The van der Waals surface area contributed by atoms with Crippen LogP contribution in [0, 0.1) is 16.7 Å². The lowest BCUT2D eigenvalue weighted by Crippen LogP contribution is -2.62. The molecule has 2 aliphatic heterocycles. The lowest BCUT2D eigenvalue weighted by molar-refractivity contribution is -0.170. The lowest BCUT2D eigenvalue weighted by Gasteiger charge is -2.49. The molecular formula is C21H28ClN3O4S. The van der Waals surface area contributed by atoms with Crippen molar-refractivity contribution in [2.75, 3.05) is 32.8 Å². The highest BCUT2D eigenvalue weighted by Crippen LogP contribution is 2.60. The molecule has 1 aromatic rings. The predicted octanol–water partition coefficient (Wildman–Crippen LogP) is 2.42. The van der Waals surface area contributed by atoms with Gasteiger partial charge in [0.15, 0.2) is 0 Å². The van der Waals surface area contributed by atoms with Crippen molar-refractivity contribution in [3.05, 3.63) is 29.3 Å². The summed E-state index contributed by atoms with van der Waals surface area (Å²) in [6.45, 7) is 7.82. The fraction of sp³-hybridized carbons (Fsp3) is 0.619. The highest BCUT2D eigenvalue weighted by molar-refractivity contribution is 7.89. The molecule has 164 valence electrons. The second kappa shape index (κ2) is 7.29. The van der Waals surface area contributed by atoms with Crippen LogP contribution in [0.1, 0.15) is 33.6 Å². The van der Waals surface area contributed by atoms with Gasteiger partial charge < -0.3 is 0 Å². The molecule has 4 rings (SSSR count). The Morgan fingerprint density at radius 2 is 1.63 bits per heavy atom. The number of piperidine rings is 1. The van der Waals surface area contributed by atoms with Gasteiger partial charge in [-0.15, -0.1) is 0 Å². The molecule has 1 saturated carbocycles. The van der Waals surface area contributed by atoms with Crippen LogP contribution in [0.4, 0.5) is 0 Å². The van der Waals surface area contributed by atoms with Crippen molar-refractivity contribution in [3.8, 4) is 0 Å². The van der Waals surface area contributed by atoms with Crippen LogP contribution >= 0.6 is 11.6 Å². The van der Waals surface area contributed by atoms with Crippen LogP contribution in [0.25, 0.3) is 0 Å². The molecule has 1 aromatic carbocycles. The van der Waals surface area contributed by atoms with Crippen molar-refractivity contribution >= 4 is 33.4 Å². The monoisotopic (exact) mass is 453 g/mol. The quantitative estimate of drug-likeness (QED) is 0.654. The van der Waals surface area contributed by atoms with E-state index in [2.05, 4.69) is 0 Å². The summed E-state index contributed by atoms with van der Waals surface area (Å²) in [4.78, 5) is 29.8. The first-order chi connectivity index (χ1) is 14.0. The molecule has 2 bridgehead atoms. The Bertz CT molecular complexity index is 970. The molecule has 3 aliphatic rings. The van der Waals surface area contributed by atoms with Crippen LogP contribution in [-0.2, 0) is 19.6 Å². The van der Waals surface area contributed by atoms with E-state index in [1.54, 1.807) is 12.1 Å². The smallest absolute Gasteiger partial charge is 0.243 e. The van der Waals surface area contributed by atoms with Crippen LogP contribution in [0.5, 0.6) is 0 Å². The van der Waals surface area contributed by atoms with E-state index in [4.69, 9.17) is 11.6 Å². The number of fused-ring (bicyclic) bond motifs is 2. The third kappa shape index (κ3) is 3.20. The Morgan fingerprint density at radius 1 is 1.03 bits per heavy atom. The van der Waals surface area contributed by atoms with E-state index in [-0.39, 0.29) is 34.7 Å². The third-order valence-electron chi connectivity index (χ3n) is 7.63. The van der Waals surface area contributed by atoms with Gasteiger partial charge >= 0.3 is 0 Å². The number of imide groups is 1. The maximum absolute atomic E-state index is 13.2. The number of hydrogen-bond acceptors (Lipinski definition) is 5. The van der Waals surface area contributed by atoms with Crippen LogP contribution in [0.3, 0.4) is 0 Å². The minimum absolute atomic E-state index is 0.0869. The number of carbonyl (C=O) groups is 2. The lowest BCUT2D eigenvalue weighted by atomic mass is 9.62. The number of halogens is 1. The minimum atomic E-state index is -3.59. The zero-order chi connectivity index (χ0) is 21.9. The molecule has 3 fully saturated rings. The number of hydrogen-bond donors (Lipinski definition) is 0. The fourth-order valence-corrected chi connectivity index (χ4v) is 6.65. The average molecular weight is 454 g/mol. The summed E-state index contributed by atoms with van der Waals surface area (Å²) in [5.74, 6) is -0.314. The Kier molecular flexibility index (Phi) is 5.28. The van der Waals surface area contributed by atoms with E-state index in [0.29, 0.717) is 31.2 Å². The topological polar surface area (TPSA) is 78.0 Å². The molecule has 2 amide bonds.